The van der Waals surface area contributed by atoms with Crippen molar-refractivity contribution in [2.45, 2.75) is 47.4 Å². The summed E-state index contributed by atoms with van der Waals surface area (Å²) in [6.07, 6.45) is 0. The van der Waals surface area contributed by atoms with Gasteiger partial charge in [-0.3, -0.25) is 14.3 Å². The Labute approximate surface area is 392 Å². The normalized spacial score (nSPS) is 15.6. The molecule has 67 heavy (non-hydrogen) atoms. The molecule has 0 spiro atoms. The lowest BCUT2D eigenvalue weighted by atomic mass is 9.91. The first-order chi connectivity index (χ1) is 31.9. The minimum atomic E-state index is -3.97. The molecule has 0 amide bonds. The molecule has 0 unspecified atom stereocenters. The molecule has 18 nitrogen and oxygen atoms in total. The molecule has 8 rings (SSSR count). The van der Waals surface area contributed by atoms with Gasteiger partial charge in [-0.25, -0.2) is 16.8 Å². The zero-order valence-electron chi connectivity index (χ0n) is 38.7. The van der Waals surface area contributed by atoms with Crippen molar-refractivity contribution in [3.63, 3.8) is 0 Å². The highest BCUT2D eigenvalue weighted by molar-refractivity contribution is 7.89. The zero-order valence-corrected chi connectivity index (χ0v) is 40.3. The number of likely N-dealkylation sites (N-methyl/N-ethyl adjacent to an activating group) is 1. The van der Waals surface area contributed by atoms with Crippen molar-refractivity contribution < 1.29 is 46.0 Å². The van der Waals surface area contributed by atoms with Crippen LogP contribution in [0.15, 0.2) is 119 Å². The SMILES string of the molecule is COc1ccc(CN(Cc2ccc(OC)cc2)S(=O)(=O)c2cc(C3(O)CN(C)C3)n(C)n2)cc1.COc1ccc(CN(Cc2ccc(OC)cc2)S(=O)(=O)c2cc(C3(O)CNC3)n(C)n2)cc1. The molecule has 3 N–H and O–H groups in total. The third-order valence-electron chi connectivity index (χ3n) is 11.8. The number of sulfonamides is 2. The lowest BCUT2D eigenvalue weighted by Crippen LogP contribution is -2.58. The van der Waals surface area contributed by atoms with Gasteiger partial charge in [0, 0.05) is 78.6 Å². The van der Waals surface area contributed by atoms with Crippen molar-refractivity contribution >= 4 is 20.0 Å². The minimum absolute atomic E-state index is 0.0880. The highest BCUT2D eigenvalue weighted by Crippen LogP contribution is 2.33. The van der Waals surface area contributed by atoms with Gasteiger partial charge in [0.05, 0.1) is 39.8 Å². The number of β-amino-alcohol motifs (C(OH)–C–C–N with tert-alkyl or cyclic N) is 2. The van der Waals surface area contributed by atoms with Crippen molar-refractivity contribution in [1.82, 2.24) is 38.4 Å². The van der Waals surface area contributed by atoms with E-state index in [2.05, 4.69) is 15.5 Å². The first-order valence-electron chi connectivity index (χ1n) is 21.3. The second kappa shape index (κ2) is 20.2. The highest BCUT2D eigenvalue weighted by atomic mass is 32.2. The van der Waals surface area contributed by atoms with Crippen molar-refractivity contribution in [1.29, 1.82) is 0 Å². The summed E-state index contributed by atoms with van der Waals surface area (Å²) >= 11 is 0. The van der Waals surface area contributed by atoms with Crippen LogP contribution >= 0.6 is 0 Å². The molecule has 0 aliphatic carbocycles. The van der Waals surface area contributed by atoms with E-state index in [4.69, 9.17) is 18.9 Å². The number of likely N-dealkylation sites (tertiary alicyclic amines) is 1. The quantitative estimate of drug-likeness (QED) is 0.113. The summed E-state index contributed by atoms with van der Waals surface area (Å²) in [6.45, 7) is 2.16. The van der Waals surface area contributed by atoms with Gasteiger partial charge in [-0.05, 0) is 77.8 Å². The number of nitrogens with one attached hydrogen (secondary N) is 1. The van der Waals surface area contributed by atoms with Crippen LogP contribution in [0.5, 0.6) is 23.0 Å². The Kier molecular flexibility index (Phi) is 14.8. The maximum atomic E-state index is 13.8. The predicted molar refractivity (Wildman–Crippen MR) is 249 cm³/mol. The van der Waals surface area contributed by atoms with Crippen LogP contribution in [-0.2, 0) is 71.5 Å². The van der Waals surface area contributed by atoms with Crippen LogP contribution in [0.2, 0.25) is 0 Å². The minimum Gasteiger partial charge on any atom is -0.497 e. The molecule has 2 aromatic heterocycles. The van der Waals surface area contributed by atoms with Gasteiger partial charge in [-0.2, -0.15) is 18.8 Å². The fourth-order valence-electron chi connectivity index (χ4n) is 8.01. The third kappa shape index (κ3) is 11.0. The summed E-state index contributed by atoms with van der Waals surface area (Å²) in [5.74, 6) is 2.78. The maximum Gasteiger partial charge on any atom is 0.263 e. The van der Waals surface area contributed by atoms with Crippen LogP contribution in [0.25, 0.3) is 0 Å². The summed E-state index contributed by atoms with van der Waals surface area (Å²) in [5, 5.41) is 32.9. The average Bonchev–Trinajstić information content (AvgIpc) is 3.92. The highest BCUT2D eigenvalue weighted by Gasteiger charge is 2.44. The molecule has 6 aromatic rings. The second-order valence-corrected chi connectivity index (χ2v) is 20.5. The Balaban J connectivity index is 0.000000199. The van der Waals surface area contributed by atoms with Crippen molar-refractivity contribution in [3.05, 3.63) is 143 Å². The molecule has 2 fully saturated rings. The van der Waals surface area contributed by atoms with E-state index in [9.17, 15) is 27.0 Å². The van der Waals surface area contributed by atoms with Crippen molar-refractivity contribution in [2.75, 3.05) is 61.7 Å². The molecule has 2 aliphatic heterocycles. The van der Waals surface area contributed by atoms with E-state index in [1.54, 1.807) is 91.1 Å². The van der Waals surface area contributed by atoms with Crippen LogP contribution in [-0.4, -0.2) is 122 Å². The molecular weight excluding hydrogens is 901 g/mol. The van der Waals surface area contributed by atoms with Gasteiger partial charge in [-0.1, -0.05) is 48.5 Å². The summed E-state index contributed by atoms with van der Waals surface area (Å²) in [5.41, 5.74) is 1.97. The smallest absolute Gasteiger partial charge is 0.263 e. The predicted octanol–water partition coefficient (Wildman–Crippen LogP) is 3.58. The Morgan fingerprint density at radius 3 is 1.04 bits per heavy atom. The van der Waals surface area contributed by atoms with E-state index in [1.165, 1.54) is 30.1 Å². The molecule has 4 aromatic carbocycles. The molecule has 2 saturated heterocycles. The first-order valence-corrected chi connectivity index (χ1v) is 24.2. The van der Waals surface area contributed by atoms with E-state index in [0.717, 1.165) is 22.3 Å². The van der Waals surface area contributed by atoms with Crippen LogP contribution in [0.4, 0.5) is 0 Å². The molecule has 0 atom stereocenters. The molecule has 2 aliphatic rings. The van der Waals surface area contributed by atoms with Gasteiger partial charge in [0.1, 0.15) is 34.2 Å². The van der Waals surface area contributed by atoms with E-state index in [-0.39, 0.29) is 36.2 Å². The Morgan fingerprint density at radius 2 is 0.806 bits per heavy atom. The largest absolute Gasteiger partial charge is 0.497 e. The second-order valence-electron chi connectivity index (χ2n) is 16.8. The van der Waals surface area contributed by atoms with E-state index in [1.807, 2.05) is 60.5 Å². The molecular formula is C47H58N8O10S2. The summed E-state index contributed by atoms with van der Waals surface area (Å²) in [4.78, 5) is 1.96. The molecule has 20 heteroatoms. The summed E-state index contributed by atoms with van der Waals surface area (Å²) < 4.78 is 81.4. The van der Waals surface area contributed by atoms with Gasteiger partial charge in [-0.15, -0.1) is 0 Å². The Hall–Kier alpha value is -5.84. The van der Waals surface area contributed by atoms with Gasteiger partial charge in [0.25, 0.3) is 20.0 Å². The number of aryl methyl sites for hydroxylation is 2. The number of hydrogen-bond donors (Lipinski definition) is 3. The van der Waals surface area contributed by atoms with Crippen LogP contribution in [0.3, 0.4) is 0 Å². The standard InChI is InChI=1S/C24H30N4O5S.C23H28N4O5S/c1-26-16-24(29,17-26)22-13-23(25-27(22)2)34(30,31)28(14-18-5-9-20(32-3)10-6-18)15-19-7-11-21(33-4)12-8-19;1-26-21(23(28)15-24-16-23)12-22(25-26)33(29,30)27(13-17-4-8-19(31-2)9-5-17)14-18-6-10-20(32-3)11-7-18/h5-13,29H,14-17H2,1-4H3;4-12,24,28H,13-16H2,1-3H3. The number of aromatic nitrogens is 4. The molecule has 0 saturated carbocycles. The fourth-order valence-corrected chi connectivity index (χ4v) is 10.8. The fraction of sp³-hybridized carbons (Fsp3) is 0.362. The summed E-state index contributed by atoms with van der Waals surface area (Å²) in [7, 11) is 3.59. The van der Waals surface area contributed by atoms with E-state index in [0.29, 0.717) is 60.6 Å². The third-order valence-corrected chi connectivity index (χ3v) is 15.2. The Bertz CT molecular complexity index is 2730. The average molecular weight is 959 g/mol. The monoisotopic (exact) mass is 958 g/mol. The van der Waals surface area contributed by atoms with Crippen molar-refractivity contribution in [3.8, 4) is 23.0 Å². The molecule has 0 bridgehead atoms. The number of hydrogen-bond acceptors (Lipinski definition) is 14. The first kappa shape index (κ1) is 49.1. The molecule has 0 radical (unpaired) electrons. The number of rotatable bonds is 18. The number of benzene rings is 4. The number of nitrogens with zero attached hydrogens (tertiary/aromatic N) is 7. The van der Waals surface area contributed by atoms with Gasteiger partial charge in [0.2, 0.25) is 0 Å². The lowest BCUT2D eigenvalue weighted by molar-refractivity contribution is -0.0972. The van der Waals surface area contributed by atoms with E-state index < -0.39 is 31.2 Å². The van der Waals surface area contributed by atoms with Crippen LogP contribution in [0, 0.1) is 0 Å². The lowest BCUT2D eigenvalue weighted by Gasteiger charge is -2.44. The van der Waals surface area contributed by atoms with Crippen LogP contribution in [0.1, 0.15) is 33.6 Å². The van der Waals surface area contributed by atoms with Crippen molar-refractivity contribution in [2.24, 2.45) is 14.1 Å². The maximum absolute atomic E-state index is 13.8. The van der Waals surface area contributed by atoms with Gasteiger partial charge < -0.3 is 34.5 Å². The van der Waals surface area contributed by atoms with E-state index >= 15 is 0 Å². The van der Waals surface area contributed by atoms with Crippen LogP contribution < -0.4 is 24.3 Å². The summed E-state index contributed by atoms with van der Waals surface area (Å²) in [6, 6.07) is 32.0. The van der Waals surface area contributed by atoms with Gasteiger partial charge >= 0.3 is 0 Å². The molecule has 358 valence electrons. The Morgan fingerprint density at radius 1 is 0.522 bits per heavy atom. The molecule has 4 heterocycles. The topological polar surface area (TPSA) is 203 Å². The number of aliphatic hydroxyl groups is 2. The van der Waals surface area contributed by atoms with Gasteiger partial charge in [0.15, 0.2) is 10.1 Å². The number of ether oxygens (including phenoxy) is 4. The zero-order chi connectivity index (χ0) is 48.1. The number of methoxy groups -OCH3 is 4.